The molecule has 43 heavy (non-hydrogen) atoms. The molecule has 0 radical (unpaired) electrons. The average Bonchev–Trinajstić information content (AvgIpc) is 3.41. The lowest BCUT2D eigenvalue weighted by atomic mass is 9.73. The zero-order chi connectivity index (χ0) is 29.2. The van der Waals surface area contributed by atoms with Crippen LogP contribution in [0.1, 0.15) is 24.0 Å². The lowest BCUT2D eigenvalue weighted by molar-refractivity contribution is -0.134. The lowest BCUT2D eigenvalue weighted by Crippen LogP contribution is -2.49. The Bertz CT molecular complexity index is 1780. The quantitative estimate of drug-likeness (QED) is 0.238. The molecule has 2 aliphatic heterocycles. The molecule has 1 spiro atoms. The van der Waals surface area contributed by atoms with Crippen molar-refractivity contribution in [2.45, 2.75) is 24.7 Å². The Kier molecular flexibility index (Phi) is 7.15. The maximum absolute atomic E-state index is 12.9. The van der Waals surface area contributed by atoms with E-state index in [-0.39, 0.29) is 30.2 Å². The number of nitrogens with zero attached hydrogens (tertiary/aromatic N) is 1. The number of nitrogens with one attached hydrogen (secondary N) is 2. The fourth-order valence-corrected chi connectivity index (χ4v) is 6.76. The SMILES string of the molecule is O=C(Cc1ccccc1)NCC(=O)N1CCC2(CC1)CNc1ccc(-c3ccc(-c4cccc5ccccc45)cc3)cc12. The number of hydrogen-bond acceptors (Lipinski definition) is 3. The minimum Gasteiger partial charge on any atom is -0.384 e. The van der Waals surface area contributed by atoms with E-state index in [4.69, 9.17) is 0 Å². The molecule has 0 aliphatic carbocycles. The number of benzene rings is 5. The summed E-state index contributed by atoms with van der Waals surface area (Å²) in [5.74, 6) is -0.137. The van der Waals surface area contributed by atoms with Crippen molar-refractivity contribution in [1.29, 1.82) is 0 Å². The molecule has 5 aromatic carbocycles. The van der Waals surface area contributed by atoms with Gasteiger partial charge in [0.1, 0.15) is 0 Å². The number of carbonyl (C=O) groups excluding carboxylic acids is 2. The number of piperidine rings is 1. The summed E-state index contributed by atoms with van der Waals surface area (Å²) < 4.78 is 0. The molecule has 5 aromatic rings. The zero-order valence-electron chi connectivity index (χ0n) is 24.2. The highest BCUT2D eigenvalue weighted by Gasteiger charge is 2.42. The summed E-state index contributed by atoms with van der Waals surface area (Å²) in [4.78, 5) is 27.2. The Morgan fingerprint density at radius 3 is 2.26 bits per heavy atom. The third kappa shape index (κ3) is 5.39. The first-order chi connectivity index (χ1) is 21.1. The number of carbonyl (C=O) groups is 2. The van der Waals surface area contributed by atoms with Gasteiger partial charge in [-0.3, -0.25) is 9.59 Å². The van der Waals surface area contributed by atoms with Crippen molar-refractivity contribution in [3.63, 3.8) is 0 Å². The van der Waals surface area contributed by atoms with E-state index in [1.165, 1.54) is 44.3 Å². The molecule has 0 saturated carbocycles. The number of anilines is 1. The van der Waals surface area contributed by atoms with Gasteiger partial charge in [0, 0.05) is 30.7 Å². The van der Waals surface area contributed by atoms with Crippen LogP contribution < -0.4 is 10.6 Å². The number of fused-ring (bicyclic) bond motifs is 3. The van der Waals surface area contributed by atoms with Gasteiger partial charge < -0.3 is 15.5 Å². The summed E-state index contributed by atoms with van der Waals surface area (Å²) in [6.45, 7) is 2.32. The van der Waals surface area contributed by atoms with Crippen LogP contribution in [-0.2, 0) is 21.4 Å². The van der Waals surface area contributed by atoms with Crippen LogP contribution in [0.5, 0.6) is 0 Å². The first-order valence-electron chi connectivity index (χ1n) is 15.1. The van der Waals surface area contributed by atoms with Gasteiger partial charge in [0.2, 0.25) is 11.8 Å². The molecular weight excluding hydrogens is 530 g/mol. The Hall–Kier alpha value is -4.90. The number of likely N-dealkylation sites (tertiary alicyclic amines) is 1. The number of hydrogen-bond donors (Lipinski definition) is 2. The summed E-state index contributed by atoms with van der Waals surface area (Å²) in [6.07, 6.45) is 2.09. The Labute approximate surface area is 252 Å². The van der Waals surface area contributed by atoms with Gasteiger partial charge in [-0.25, -0.2) is 0 Å². The molecule has 0 aromatic heterocycles. The molecule has 2 amide bonds. The molecule has 2 aliphatic rings. The fourth-order valence-electron chi connectivity index (χ4n) is 6.76. The first kappa shape index (κ1) is 27.0. The first-order valence-corrected chi connectivity index (χ1v) is 15.1. The summed E-state index contributed by atoms with van der Waals surface area (Å²) in [7, 11) is 0. The van der Waals surface area contributed by atoms with Crippen molar-refractivity contribution in [3.05, 3.63) is 126 Å². The molecular formula is C38H35N3O2. The Balaban J connectivity index is 1.02. The van der Waals surface area contributed by atoms with Gasteiger partial charge in [-0.1, -0.05) is 103 Å². The average molecular weight is 566 g/mol. The summed E-state index contributed by atoms with van der Waals surface area (Å²) in [6, 6.07) is 40.3. The molecule has 214 valence electrons. The largest absolute Gasteiger partial charge is 0.384 e. The summed E-state index contributed by atoms with van der Waals surface area (Å²) in [5.41, 5.74) is 8.39. The third-order valence-corrected chi connectivity index (χ3v) is 9.24. The van der Waals surface area contributed by atoms with Crippen LogP contribution in [0.4, 0.5) is 5.69 Å². The van der Waals surface area contributed by atoms with E-state index in [1.54, 1.807) is 0 Å². The predicted octanol–water partition coefficient (Wildman–Crippen LogP) is 6.82. The van der Waals surface area contributed by atoms with E-state index in [9.17, 15) is 9.59 Å². The summed E-state index contributed by atoms with van der Waals surface area (Å²) >= 11 is 0. The molecule has 2 N–H and O–H groups in total. The maximum atomic E-state index is 12.9. The van der Waals surface area contributed by atoms with Gasteiger partial charge in [0.25, 0.3) is 0 Å². The van der Waals surface area contributed by atoms with E-state index < -0.39 is 0 Å². The molecule has 2 heterocycles. The second kappa shape index (κ2) is 11.4. The predicted molar refractivity (Wildman–Crippen MR) is 174 cm³/mol. The van der Waals surface area contributed by atoms with E-state index in [1.807, 2.05) is 35.2 Å². The minimum atomic E-state index is -0.125. The van der Waals surface area contributed by atoms with E-state index in [0.717, 1.165) is 24.9 Å². The van der Waals surface area contributed by atoms with Crippen molar-refractivity contribution in [2.24, 2.45) is 0 Å². The monoisotopic (exact) mass is 565 g/mol. The van der Waals surface area contributed by atoms with Crippen LogP contribution in [0.15, 0.2) is 115 Å². The number of amides is 2. The van der Waals surface area contributed by atoms with Gasteiger partial charge >= 0.3 is 0 Å². The Morgan fingerprint density at radius 1 is 0.744 bits per heavy atom. The van der Waals surface area contributed by atoms with Crippen molar-refractivity contribution in [3.8, 4) is 22.3 Å². The van der Waals surface area contributed by atoms with Gasteiger partial charge in [0.15, 0.2) is 0 Å². The second-order valence-corrected chi connectivity index (χ2v) is 11.8. The molecule has 5 heteroatoms. The van der Waals surface area contributed by atoms with Crippen molar-refractivity contribution in [2.75, 3.05) is 31.5 Å². The van der Waals surface area contributed by atoms with E-state index in [0.29, 0.717) is 13.1 Å². The molecule has 0 atom stereocenters. The standard InChI is InChI=1S/C38H35N3O2/c42-36(23-27-7-2-1-3-8-27)39-25-37(43)41-21-19-38(20-22-41)26-40-35-18-17-31(24-34(35)38)28-13-15-30(16-14-28)33-12-6-10-29-9-4-5-11-32(29)33/h1-18,24,40H,19-23,25-26H2,(H,39,42). The highest BCUT2D eigenvalue weighted by Crippen LogP contribution is 2.45. The van der Waals surface area contributed by atoms with Gasteiger partial charge in [0.05, 0.1) is 13.0 Å². The van der Waals surface area contributed by atoms with Crippen molar-refractivity contribution < 1.29 is 9.59 Å². The van der Waals surface area contributed by atoms with Crippen LogP contribution in [-0.4, -0.2) is 42.9 Å². The second-order valence-electron chi connectivity index (χ2n) is 11.8. The number of rotatable bonds is 6. The van der Waals surface area contributed by atoms with Crippen LogP contribution >= 0.6 is 0 Å². The van der Waals surface area contributed by atoms with Crippen LogP contribution in [0.3, 0.4) is 0 Å². The van der Waals surface area contributed by atoms with Crippen molar-refractivity contribution in [1.82, 2.24) is 10.2 Å². The molecule has 1 saturated heterocycles. The van der Waals surface area contributed by atoms with Crippen molar-refractivity contribution >= 4 is 28.3 Å². The smallest absolute Gasteiger partial charge is 0.241 e. The van der Waals surface area contributed by atoms with Crippen LogP contribution in [0.25, 0.3) is 33.0 Å². The normalized spacial score (nSPS) is 15.2. The minimum absolute atomic E-state index is 0.0116. The topological polar surface area (TPSA) is 61.4 Å². The molecule has 0 unspecified atom stereocenters. The molecule has 0 bridgehead atoms. The fraction of sp³-hybridized carbons (Fsp3) is 0.211. The van der Waals surface area contributed by atoms with Gasteiger partial charge in [-0.05, 0) is 69.1 Å². The van der Waals surface area contributed by atoms with Gasteiger partial charge in [-0.2, -0.15) is 0 Å². The highest BCUT2D eigenvalue weighted by atomic mass is 16.2. The van der Waals surface area contributed by atoms with E-state index >= 15 is 0 Å². The molecule has 5 nitrogen and oxygen atoms in total. The van der Waals surface area contributed by atoms with Gasteiger partial charge in [-0.15, -0.1) is 0 Å². The molecule has 7 rings (SSSR count). The third-order valence-electron chi connectivity index (χ3n) is 9.24. The highest BCUT2D eigenvalue weighted by molar-refractivity contribution is 5.96. The maximum Gasteiger partial charge on any atom is 0.241 e. The summed E-state index contributed by atoms with van der Waals surface area (Å²) in [5, 5.41) is 8.96. The molecule has 1 fully saturated rings. The Morgan fingerprint density at radius 2 is 1.44 bits per heavy atom. The van der Waals surface area contributed by atoms with Crippen LogP contribution in [0, 0.1) is 0 Å². The zero-order valence-corrected chi connectivity index (χ0v) is 24.2. The van der Waals surface area contributed by atoms with Crippen LogP contribution in [0.2, 0.25) is 0 Å². The van der Waals surface area contributed by atoms with E-state index in [2.05, 4.69) is 95.6 Å². The lowest BCUT2D eigenvalue weighted by Gasteiger charge is -2.39.